The van der Waals surface area contributed by atoms with E-state index in [2.05, 4.69) is 15.4 Å². The predicted octanol–water partition coefficient (Wildman–Crippen LogP) is 4.79. The van der Waals surface area contributed by atoms with E-state index in [9.17, 15) is 9.59 Å². The Bertz CT molecular complexity index is 1270. The number of nitrogens with one attached hydrogen (secondary N) is 1. The quantitative estimate of drug-likeness (QED) is 0.271. The van der Waals surface area contributed by atoms with Crippen molar-refractivity contribution in [3.63, 3.8) is 0 Å². The highest BCUT2D eigenvalue weighted by atomic mass is 32.2. The lowest BCUT2D eigenvalue weighted by Gasteiger charge is -2.10. The maximum atomic E-state index is 12.8. The van der Waals surface area contributed by atoms with E-state index in [-0.39, 0.29) is 29.6 Å². The number of nitrogens with zero attached hydrogens (tertiary/aromatic N) is 3. The van der Waals surface area contributed by atoms with Crippen molar-refractivity contribution in [3.8, 4) is 11.4 Å². The van der Waals surface area contributed by atoms with Crippen molar-refractivity contribution in [2.75, 3.05) is 24.3 Å². The number of benzene rings is 2. The third-order valence-electron chi connectivity index (χ3n) is 4.50. The number of ether oxygens (including phenoxy) is 2. The van der Waals surface area contributed by atoms with Gasteiger partial charge in [-0.2, -0.15) is 5.10 Å². The van der Waals surface area contributed by atoms with Crippen molar-refractivity contribution in [2.45, 2.75) is 18.2 Å². The monoisotopic (exact) mass is 482 g/mol. The largest absolute Gasteiger partial charge is 0.494 e. The van der Waals surface area contributed by atoms with E-state index in [1.807, 2.05) is 55.5 Å². The fourth-order valence-corrected chi connectivity index (χ4v) is 4.99. The second kappa shape index (κ2) is 10.5. The second-order valence-corrected chi connectivity index (χ2v) is 9.01. The summed E-state index contributed by atoms with van der Waals surface area (Å²) >= 11 is 2.83. The number of thiazole rings is 1. The summed E-state index contributed by atoms with van der Waals surface area (Å²) in [5.41, 5.74) is 1.77. The summed E-state index contributed by atoms with van der Waals surface area (Å²) in [7, 11) is 0. The van der Waals surface area contributed by atoms with Gasteiger partial charge in [-0.3, -0.25) is 4.79 Å². The van der Waals surface area contributed by atoms with Gasteiger partial charge in [0.1, 0.15) is 11.3 Å². The molecule has 4 aromatic rings. The van der Waals surface area contributed by atoms with Gasteiger partial charge < -0.3 is 14.8 Å². The summed E-state index contributed by atoms with van der Waals surface area (Å²) in [6.07, 6.45) is 1.40. The van der Waals surface area contributed by atoms with Crippen molar-refractivity contribution in [2.24, 2.45) is 0 Å². The molecule has 170 valence electrons. The molecule has 10 heteroatoms. The number of esters is 1. The van der Waals surface area contributed by atoms with Gasteiger partial charge in [-0.1, -0.05) is 30.0 Å². The Hall–Kier alpha value is -3.37. The lowest BCUT2D eigenvalue weighted by molar-refractivity contribution is -0.113. The molecule has 4 rings (SSSR count). The smallest absolute Gasteiger partial charge is 0.343 e. The number of thioether (sulfide) groups is 1. The molecule has 33 heavy (non-hydrogen) atoms. The topological polar surface area (TPSA) is 95.3 Å². The Labute approximate surface area is 198 Å². The average molecular weight is 483 g/mol. The van der Waals surface area contributed by atoms with E-state index in [0.29, 0.717) is 12.3 Å². The number of hydrogen-bond acceptors (Lipinski definition) is 8. The van der Waals surface area contributed by atoms with Crippen molar-refractivity contribution < 1.29 is 19.1 Å². The molecule has 0 bridgehead atoms. The van der Waals surface area contributed by atoms with Crippen LogP contribution in [0.2, 0.25) is 0 Å². The highest BCUT2D eigenvalue weighted by Crippen LogP contribution is 2.32. The molecule has 0 fully saturated rings. The molecule has 0 unspecified atom stereocenters. The van der Waals surface area contributed by atoms with Gasteiger partial charge in [0.05, 0.1) is 41.1 Å². The van der Waals surface area contributed by atoms with Gasteiger partial charge in [0.15, 0.2) is 10.2 Å². The van der Waals surface area contributed by atoms with E-state index in [4.69, 9.17) is 9.47 Å². The van der Waals surface area contributed by atoms with Crippen LogP contribution in [0, 0.1) is 0 Å². The Morgan fingerprint density at radius 3 is 2.70 bits per heavy atom. The van der Waals surface area contributed by atoms with Crippen LogP contribution < -0.4 is 10.1 Å². The molecule has 1 N–H and O–H groups in total. The Morgan fingerprint density at radius 2 is 1.94 bits per heavy atom. The van der Waals surface area contributed by atoms with Gasteiger partial charge in [-0.05, 0) is 44.2 Å². The number of para-hydroxylation sites is 1. The first-order valence-electron chi connectivity index (χ1n) is 10.4. The van der Waals surface area contributed by atoms with Crippen LogP contribution in [0.15, 0.2) is 59.1 Å². The van der Waals surface area contributed by atoms with E-state index >= 15 is 0 Å². The molecule has 0 aliphatic rings. The van der Waals surface area contributed by atoms with Crippen LogP contribution in [0.5, 0.6) is 5.75 Å². The van der Waals surface area contributed by atoms with Crippen LogP contribution in [-0.4, -0.2) is 45.6 Å². The van der Waals surface area contributed by atoms with Gasteiger partial charge in [-0.15, -0.1) is 11.3 Å². The zero-order valence-corrected chi connectivity index (χ0v) is 19.7. The summed E-state index contributed by atoms with van der Waals surface area (Å²) in [4.78, 5) is 29.8. The molecular formula is C23H22N4O4S2. The van der Waals surface area contributed by atoms with Crippen LogP contribution in [0.3, 0.4) is 0 Å². The first kappa shape index (κ1) is 22.8. The molecule has 0 radical (unpaired) electrons. The lowest BCUT2D eigenvalue weighted by Crippen LogP contribution is -2.19. The molecule has 0 aliphatic heterocycles. The number of hydrogen-bond donors (Lipinski definition) is 1. The van der Waals surface area contributed by atoms with Crippen LogP contribution in [0.25, 0.3) is 15.9 Å². The van der Waals surface area contributed by atoms with Crippen LogP contribution in [0.1, 0.15) is 24.2 Å². The summed E-state index contributed by atoms with van der Waals surface area (Å²) in [6.45, 7) is 4.48. The molecule has 0 saturated carbocycles. The van der Waals surface area contributed by atoms with E-state index in [1.165, 1.54) is 34.0 Å². The maximum Gasteiger partial charge on any atom is 0.343 e. The molecule has 1 amide bonds. The normalized spacial score (nSPS) is 10.8. The van der Waals surface area contributed by atoms with E-state index in [1.54, 1.807) is 6.92 Å². The highest BCUT2D eigenvalue weighted by Gasteiger charge is 2.21. The zero-order valence-electron chi connectivity index (χ0n) is 18.1. The minimum atomic E-state index is -0.543. The Kier molecular flexibility index (Phi) is 7.26. The van der Waals surface area contributed by atoms with Gasteiger partial charge in [0.2, 0.25) is 5.91 Å². The number of aromatic nitrogens is 3. The Balaban J connectivity index is 1.50. The number of amides is 1. The fraction of sp³-hybridized carbons (Fsp3) is 0.217. The fourth-order valence-electron chi connectivity index (χ4n) is 3.09. The average Bonchev–Trinajstić information content (AvgIpc) is 3.42. The molecule has 0 saturated heterocycles. The third-order valence-corrected chi connectivity index (χ3v) is 6.66. The predicted molar refractivity (Wildman–Crippen MR) is 130 cm³/mol. The Morgan fingerprint density at radius 1 is 1.12 bits per heavy atom. The van der Waals surface area contributed by atoms with E-state index in [0.717, 1.165) is 20.3 Å². The number of carbonyl (C=O) groups is 2. The van der Waals surface area contributed by atoms with E-state index < -0.39 is 5.97 Å². The van der Waals surface area contributed by atoms with Crippen molar-refractivity contribution in [1.29, 1.82) is 0 Å². The number of anilines is 1. The molecule has 8 nitrogen and oxygen atoms in total. The van der Waals surface area contributed by atoms with Gasteiger partial charge in [-0.25, -0.2) is 14.5 Å². The van der Waals surface area contributed by atoms with Crippen LogP contribution in [0.4, 0.5) is 5.82 Å². The zero-order chi connectivity index (χ0) is 23.2. The highest BCUT2D eigenvalue weighted by molar-refractivity contribution is 8.01. The number of carbonyl (C=O) groups excluding carboxylic acids is 2. The van der Waals surface area contributed by atoms with Gasteiger partial charge >= 0.3 is 5.97 Å². The summed E-state index contributed by atoms with van der Waals surface area (Å²) in [5, 5.41) is 7.11. The van der Waals surface area contributed by atoms with Gasteiger partial charge in [0.25, 0.3) is 0 Å². The summed E-state index contributed by atoms with van der Waals surface area (Å²) in [6, 6.07) is 15.0. The van der Waals surface area contributed by atoms with Crippen molar-refractivity contribution in [3.05, 3.63) is 60.3 Å². The molecule has 0 aliphatic carbocycles. The lowest BCUT2D eigenvalue weighted by atomic mass is 10.3. The minimum absolute atomic E-state index is 0.125. The molecule has 0 spiro atoms. The molecule has 2 aromatic heterocycles. The van der Waals surface area contributed by atoms with Crippen LogP contribution >= 0.6 is 23.1 Å². The first-order chi connectivity index (χ1) is 16.1. The van der Waals surface area contributed by atoms with Crippen molar-refractivity contribution in [1.82, 2.24) is 14.8 Å². The SMILES string of the molecule is CCOC(=O)c1cnn(-c2ccccc2)c1NC(=O)CSc1nc2ccc(OCC)cc2s1. The molecular weight excluding hydrogens is 460 g/mol. The maximum absolute atomic E-state index is 12.8. The third kappa shape index (κ3) is 5.35. The standard InChI is InChI=1S/C23H22N4O4S2/c1-3-30-16-10-11-18-19(12-16)33-23(25-18)32-14-20(28)26-21-17(22(29)31-4-2)13-24-27(21)15-8-6-5-7-9-15/h5-13H,3-4,14H2,1-2H3,(H,26,28). The first-order valence-corrected chi connectivity index (χ1v) is 12.2. The molecule has 0 atom stereocenters. The molecule has 2 aromatic carbocycles. The number of rotatable bonds is 9. The van der Waals surface area contributed by atoms with Crippen molar-refractivity contribution >= 4 is 51.0 Å². The molecule has 2 heterocycles. The summed E-state index contributed by atoms with van der Waals surface area (Å²) in [5.74, 6) is 0.372. The number of fused-ring (bicyclic) bond motifs is 1. The van der Waals surface area contributed by atoms with Crippen LogP contribution in [-0.2, 0) is 9.53 Å². The second-order valence-electron chi connectivity index (χ2n) is 6.75. The summed E-state index contributed by atoms with van der Waals surface area (Å²) < 4.78 is 13.9. The van der Waals surface area contributed by atoms with Gasteiger partial charge in [0, 0.05) is 0 Å². The minimum Gasteiger partial charge on any atom is -0.494 e.